The van der Waals surface area contributed by atoms with E-state index < -0.39 is 20.6 Å². The number of nitro benzene ring substituents is 1. The molecule has 2 aromatic carbocycles. The first kappa shape index (κ1) is 20.4. The van der Waals surface area contributed by atoms with Crippen LogP contribution < -0.4 is 5.43 Å². The Morgan fingerprint density at radius 1 is 1.21 bits per heavy atom. The summed E-state index contributed by atoms with van der Waals surface area (Å²) in [6, 6.07) is 12.2. The molecule has 0 saturated carbocycles. The second kappa shape index (κ2) is 8.78. The SMILES string of the molecule is N#Cc1ccc(/C=N\Nc2ccc(S(=O)(=O)N3CCOCC3)cc2[N+](=O)[O-])cc1. The molecule has 1 fully saturated rings. The zero-order valence-electron chi connectivity index (χ0n) is 15.2. The third-order valence-electron chi connectivity index (χ3n) is 4.21. The van der Waals surface area contributed by atoms with Crippen molar-refractivity contribution in [2.24, 2.45) is 5.10 Å². The van der Waals surface area contributed by atoms with Crippen molar-refractivity contribution in [1.29, 1.82) is 5.26 Å². The molecule has 0 atom stereocenters. The lowest BCUT2D eigenvalue weighted by Gasteiger charge is -2.26. The predicted octanol–water partition coefficient (Wildman–Crippen LogP) is 1.93. The van der Waals surface area contributed by atoms with Crippen molar-refractivity contribution in [2.75, 3.05) is 31.7 Å². The summed E-state index contributed by atoms with van der Waals surface area (Å²) in [5.41, 5.74) is 3.40. The fourth-order valence-corrected chi connectivity index (χ4v) is 4.10. The number of hydrogen-bond donors (Lipinski definition) is 1. The maximum absolute atomic E-state index is 12.7. The zero-order valence-corrected chi connectivity index (χ0v) is 16.0. The second-order valence-electron chi connectivity index (χ2n) is 6.06. The van der Waals surface area contributed by atoms with E-state index in [1.165, 1.54) is 22.7 Å². The third-order valence-corrected chi connectivity index (χ3v) is 6.11. The summed E-state index contributed by atoms with van der Waals surface area (Å²) in [4.78, 5) is 10.6. The first-order valence-electron chi connectivity index (χ1n) is 8.57. The van der Waals surface area contributed by atoms with Gasteiger partial charge in [-0.2, -0.15) is 14.7 Å². The van der Waals surface area contributed by atoms with Crippen LogP contribution in [0.15, 0.2) is 52.5 Å². The quantitative estimate of drug-likeness (QED) is 0.432. The Balaban J connectivity index is 1.81. The number of hydrazone groups is 1. The normalized spacial score (nSPS) is 15.1. The number of benzene rings is 2. The van der Waals surface area contributed by atoms with Gasteiger partial charge in [0.2, 0.25) is 10.0 Å². The molecule has 11 heteroatoms. The molecular formula is C18H17N5O5S. The molecule has 0 aliphatic carbocycles. The highest BCUT2D eigenvalue weighted by atomic mass is 32.2. The summed E-state index contributed by atoms with van der Waals surface area (Å²) in [5, 5.41) is 24.2. The molecular weight excluding hydrogens is 398 g/mol. The van der Waals surface area contributed by atoms with E-state index in [4.69, 9.17) is 10.00 Å². The van der Waals surface area contributed by atoms with Crippen molar-refractivity contribution < 1.29 is 18.1 Å². The van der Waals surface area contributed by atoms with Gasteiger partial charge in [-0.1, -0.05) is 12.1 Å². The van der Waals surface area contributed by atoms with Crippen LogP contribution in [-0.2, 0) is 14.8 Å². The predicted molar refractivity (Wildman–Crippen MR) is 105 cm³/mol. The van der Waals surface area contributed by atoms with Gasteiger partial charge >= 0.3 is 0 Å². The number of sulfonamides is 1. The highest BCUT2D eigenvalue weighted by molar-refractivity contribution is 7.89. The van der Waals surface area contributed by atoms with Gasteiger partial charge < -0.3 is 4.74 Å². The van der Waals surface area contributed by atoms with Gasteiger partial charge in [-0.25, -0.2) is 8.42 Å². The number of rotatable bonds is 6. The smallest absolute Gasteiger partial charge is 0.295 e. The van der Waals surface area contributed by atoms with Gasteiger partial charge in [-0.15, -0.1) is 0 Å². The maximum atomic E-state index is 12.7. The van der Waals surface area contributed by atoms with Gasteiger partial charge in [0.05, 0.1) is 40.9 Å². The first-order chi connectivity index (χ1) is 13.9. The minimum atomic E-state index is -3.85. The highest BCUT2D eigenvalue weighted by Gasteiger charge is 2.28. The third kappa shape index (κ3) is 4.75. The molecule has 29 heavy (non-hydrogen) atoms. The number of hydrogen-bond acceptors (Lipinski definition) is 8. The summed E-state index contributed by atoms with van der Waals surface area (Å²) in [6.45, 7) is 0.964. The van der Waals surface area contributed by atoms with Gasteiger partial charge in [-0.05, 0) is 29.8 Å². The number of nitro groups is 1. The summed E-state index contributed by atoms with van der Waals surface area (Å²) in [6.07, 6.45) is 1.43. The average molecular weight is 415 g/mol. The molecule has 3 rings (SSSR count). The Labute approximate surface area is 167 Å². The van der Waals surface area contributed by atoms with Gasteiger partial charge in [0.1, 0.15) is 5.69 Å². The Bertz CT molecular complexity index is 1070. The second-order valence-corrected chi connectivity index (χ2v) is 7.99. The van der Waals surface area contributed by atoms with E-state index in [0.29, 0.717) is 11.1 Å². The highest BCUT2D eigenvalue weighted by Crippen LogP contribution is 2.29. The van der Waals surface area contributed by atoms with E-state index in [0.717, 1.165) is 6.07 Å². The monoisotopic (exact) mass is 415 g/mol. The van der Waals surface area contributed by atoms with Crippen molar-refractivity contribution in [2.45, 2.75) is 4.90 Å². The first-order valence-corrected chi connectivity index (χ1v) is 10.0. The molecule has 0 radical (unpaired) electrons. The van der Waals surface area contributed by atoms with Crippen molar-refractivity contribution in [3.05, 3.63) is 63.7 Å². The van der Waals surface area contributed by atoms with Crippen LogP contribution in [0, 0.1) is 21.4 Å². The van der Waals surface area contributed by atoms with E-state index in [1.807, 2.05) is 6.07 Å². The molecule has 2 aromatic rings. The van der Waals surface area contributed by atoms with Gasteiger partial charge in [0.25, 0.3) is 5.69 Å². The van der Waals surface area contributed by atoms with Crippen LogP contribution in [0.1, 0.15) is 11.1 Å². The minimum absolute atomic E-state index is 0.0563. The number of nitriles is 1. The summed E-state index contributed by atoms with van der Waals surface area (Å²) in [7, 11) is -3.85. The summed E-state index contributed by atoms with van der Waals surface area (Å²) >= 11 is 0. The number of anilines is 1. The van der Waals surface area contributed by atoms with Crippen molar-refractivity contribution in [1.82, 2.24) is 4.31 Å². The lowest BCUT2D eigenvalue weighted by Crippen LogP contribution is -2.40. The number of nitrogens with one attached hydrogen (secondary N) is 1. The van der Waals surface area contributed by atoms with E-state index >= 15 is 0 Å². The maximum Gasteiger partial charge on any atom is 0.295 e. The van der Waals surface area contributed by atoms with Crippen molar-refractivity contribution in [3.63, 3.8) is 0 Å². The van der Waals surface area contributed by atoms with E-state index in [-0.39, 0.29) is 36.9 Å². The molecule has 1 heterocycles. The van der Waals surface area contributed by atoms with Crippen LogP contribution in [-0.4, -0.2) is 50.2 Å². The summed E-state index contributed by atoms with van der Waals surface area (Å²) < 4.78 is 31.8. The molecule has 0 amide bonds. The van der Waals surface area contributed by atoms with Crippen LogP contribution in [0.2, 0.25) is 0 Å². The standard InChI is InChI=1S/C18H17N5O5S/c19-12-14-1-3-15(4-2-14)13-20-21-17-6-5-16(11-18(17)23(24)25)29(26,27)22-7-9-28-10-8-22/h1-6,11,13,21H,7-10H2/b20-13-. The molecule has 1 aliphatic heterocycles. The molecule has 1 saturated heterocycles. The molecule has 1 N–H and O–H groups in total. The molecule has 0 spiro atoms. The molecule has 0 unspecified atom stereocenters. The minimum Gasteiger partial charge on any atom is -0.379 e. The lowest BCUT2D eigenvalue weighted by molar-refractivity contribution is -0.384. The largest absolute Gasteiger partial charge is 0.379 e. The molecule has 0 aromatic heterocycles. The van der Waals surface area contributed by atoms with Crippen LogP contribution in [0.25, 0.3) is 0 Å². The topological polar surface area (TPSA) is 138 Å². The molecule has 1 aliphatic rings. The van der Waals surface area contributed by atoms with Crippen molar-refractivity contribution in [3.8, 4) is 6.07 Å². The van der Waals surface area contributed by atoms with Crippen LogP contribution in [0.4, 0.5) is 11.4 Å². The van der Waals surface area contributed by atoms with E-state index in [2.05, 4.69) is 10.5 Å². The average Bonchev–Trinajstić information content (AvgIpc) is 2.74. The Hall–Kier alpha value is -3.33. The van der Waals surface area contributed by atoms with Crippen molar-refractivity contribution >= 4 is 27.6 Å². The Kier molecular flexibility index (Phi) is 6.18. The van der Waals surface area contributed by atoms with E-state index in [9.17, 15) is 18.5 Å². The Morgan fingerprint density at radius 3 is 2.52 bits per heavy atom. The summed E-state index contributed by atoms with van der Waals surface area (Å²) in [5.74, 6) is 0. The molecule has 0 bridgehead atoms. The fraction of sp³-hybridized carbons (Fsp3) is 0.222. The van der Waals surface area contributed by atoms with E-state index in [1.54, 1.807) is 24.3 Å². The fourth-order valence-electron chi connectivity index (χ4n) is 2.67. The van der Waals surface area contributed by atoms with Crippen LogP contribution >= 0.6 is 0 Å². The molecule has 150 valence electrons. The van der Waals surface area contributed by atoms with Gasteiger partial charge in [-0.3, -0.25) is 15.5 Å². The van der Waals surface area contributed by atoms with Gasteiger partial charge in [0.15, 0.2) is 0 Å². The lowest BCUT2D eigenvalue weighted by atomic mass is 10.2. The van der Waals surface area contributed by atoms with Crippen LogP contribution in [0.3, 0.4) is 0 Å². The van der Waals surface area contributed by atoms with Gasteiger partial charge in [0, 0.05) is 19.2 Å². The zero-order chi connectivity index (χ0) is 20.9. The molecule has 10 nitrogen and oxygen atoms in total. The number of ether oxygens (including phenoxy) is 1. The Morgan fingerprint density at radius 2 is 1.90 bits per heavy atom. The number of nitrogens with zero attached hydrogens (tertiary/aromatic N) is 4. The van der Waals surface area contributed by atoms with Crippen LogP contribution in [0.5, 0.6) is 0 Å². The number of morpholine rings is 1.